The van der Waals surface area contributed by atoms with E-state index >= 15 is 0 Å². The van der Waals surface area contributed by atoms with Gasteiger partial charge in [-0.2, -0.15) is 0 Å². The van der Waals surface area contributed by atoms with Crippen LogP contribution < -0.4 is 0 Å². The van der Waals surface area contributed by atoms with Gasteiger partial charge in [0.2, 0.25) is 0 Å². The fraction of sp³-hybridized carbons (Fsp3) is 0.238. The molecule has 1 heterocycles. The Kier molecular flexibility index (Phi) is 6.56. The summed E-state index contributed by atoms with van der Waals surface area (Å²) in [6.45, 7) is -0.640. The number of nitrogens with zero attached hydrogens (tertiary/aromatic N) is 1. The number of Topliss-reactive ketones (excluding diaryl/α,β-unsaturated/α-hetero) is 1. The second kappa shape index (κ2) is 8.99. The maximum atomic E-state index is 12.7. The fourth-order valence-corrected chi connectivity index (χ4v) is 3.90. The minimum absolute atomic E-state index is 0.113. The summed E-state index contributed by atoms with van der Waals surface area (Å²) in [4.78, 5) is 51.2. The Balaban J connectivity index is 1.79. The number of amides is 2. The molecule has 0 aromatic heterocycles. The van der Waals surface area contributed by atoms with Crippen LogP contribution in [0.3, 0.4) is 0 Å². The molecule has 0 unspecified atom stereocenters. The van der Waals surface area contributed by atoms with Gasteiger partial charge in [-0.1, -0.05) is 23.7 Å². The van der Waals surface area contributed by atoms with E-state index in [1.807, 2.05) is 0 Å². The minimum atomic E-state index is -3.50. The highest BCUT2D eigenvalue weighted by atomic mass is 35.5. The van der Waals surface area contributed by atoms with E-state index in [9.17, 15) is 27.6 Å². The number of hydrogen-bond acceptors (Lipinski definition) is 7. The number of imide groups is 1. The van der Waals surface area contributed by atoms with Gasteiger partial charge in [-0.05, 0) is 42.8 Å². The van der Waals surface area contributed by atoms with Crippen LogP contribution in [0.4, 0.5) is 0 Å². The number of ether oxygens (including phenoxy) is 1. The average Bonchev–Trinajstić information content (AvgIpc) is 2.97. The Labute approximate surface area is 183 Å². The standard InChI is InChI=1S/C21H18ClNO7S/c1-31(28,29)11-10-17(23-19(25)15-4-2-3-5-16(15)20(23)26)21(27)30-12-18(24)13-6-8-14(22)9-7-13/h2-9,17H,10-12H2,1H3/t17-/m0/s1. The number of carbonyl (C=O) groups is 4. The second-order valence-corrected chi connectivity index (χ2v) is 9.69. The highest BCUT2D eigenvalue weighted by molar-refractivity contribution is 7.90. The Morgan fingerprint density at radius 2 is 1.55 bits per heavy atom. The predicted molar refractivity (Wildman–Crippen MR) is 112 cm³/mol. The molecule has 0 spiro atoms. The third-order valence-electron chi connectivity index (χ3n) is 4.68. The van der Waals surface area contributed by atoms with Gasteiger partial charge in [0.15, 0.2) is 12.4 Å². The van der Waals surface area contributed by atoms with Gasteiger partial charge in [0, 0.05) is 16.8 Å². The van der Waals surface area contributed by atoms with Gasteiger partial charge in [0.1, 0.15) is 15.9 Å². The molecule has 0 N–H and O–H groups in total. The molecule has 2 amide bonds. The topological polar surface area (TPSA) is 115 Å². The molecule has 0 radical (unpaired) electrons. The summed E-state index contributed by atoms with van der Waals surface area (Å²) in [6, 6.07) is 10.5. The van der Waals surface area contributed by atoms with Crippen LogP contribution in [0, 0.1) is 0 Å². The number of fused-ring (bicyclic) bond motifs is 1. The lowest BCUT2D eigenvalue weighted by Crippen LogP contribution is -2.46. The van der Waals surface area contributed by atoms with Crippen LogP contribution in [0.2, 0.25) is 5.02 Å². The molecule has 1 aliphatic heterocycles. The van der Waals surface area contributed by atoms with Crippen LogP contribution >= 0.6 is 11.6 Å². The molecule has 0 aliphatic carbocycles. The molecule has 0 fully saturated rings. The normalized spacial score (nSPS) is 14.3. The van der Waals surface area contributed by atoms with Crippen molar-refractivity contribution in [2.24, 2.45) is 0 Å². The van der Waals surface area contributed by atoms with Gasteiger partial charge in [-0.15, -0.1) is 0 Å². The molecule has 162 valence electrons. The Morgan fingerprint density at radius 3 is 2.06 bits per heavy atom. The molecule has 0 saturated heterocycles. The smallest absolute Gasteiger partial charge is 0.329 e. The minimum Gasteiger partial charge on any atom is -0.456 e. The van der Waals surface area contributed by atoms with Gasteiger partial charge < -0.3 is 4.74 Å². The second-order valence-electron chi connectivity index (χ2n) is 7.00. The van der Waals surface area contributed by atoms with E-state index in [1.54, 1.807) is 12.1 Å². The summed E-state index contributed by atoms with van der Waals surface area (Å²) in [7, 11) is -3.50. The lowest BCUT2D eigenvalue weighted by atomic mass is 10.1. The van der Waals surface area contributed by atoms with E-state index in [1.165, 1.54) is 36.4 Å². The van der Waals surface area contributed by atoms with Gasteiger partial charge in [0.25, 0.3) is 11.8 Å². The van der Waals surface area contributed by atoms with E-state index in [4.69, 9.17) is 16.3 Å². The monoisotopic (exact) mass is 463 g/mol. The highest BCUT2D eigenvalue weighted by Gasteiger charge is 2.43. The molecule has 0 saturated carbocycles. The van der Waals surface area contributed by atoms with Crippen molar-refractivity contribution in [3.8, 4) is 0 Å². The first-order chi connectivity index (χ1) is 14.6. The van der Waals surface area contributed by atoms with Crippen LogP contribution in [0.1, 0.15) is 37.5 Å². The number of halogens is 1. The van der Waals surface area contributed by atoms with Gasteiger partial charge in [-0.25, -0.2) is 13.2 Å². The number of rotatable bonds is 8. The fourth-order valence-electron chi connectivity index (χ4n) is 3.12. The van der Waals surface area contributed by atoms with Gasteiger partial charge >= 0.3 is 5.97 Å². The van der Waals surface area contributed by atoms with Crippen LogP contribution in [0.5, 0.6) is 0 Å². The first-order valence-corrected chi connectivity index (χ1v) is 11.6. The van der Waals surface area contributed by atoms with Crippen molar-refractivity contribution in [1.82, 2.24) is 4.90 Å². The molecular weight excluding hydrogens is 446 g/mol. The van der Waals surface area contributed by atoms with E-state index in [2.05, 4.69) is 0 Å². The molecule has 31 heavy (non-hydrogen) atoms. The zero-order chi connectivity index (χ0) is 22.8. The van der Waals surface area contributed by atoms with Crippen molar-refractivity contribution in [1.29, 1.82) is 0 Å². The van der Waals surface area contributed by atoms with Crippen LogP contribution in [0.25, 0.3) is 0 Å². The van der Waals surface area contributed by atoms with Crippen molar-refractivity contribution < 1.29 is 32.3 Å². The summed E-state index contributed by atoms with van der Waals surface area (Å²) in [5.41, 5.74) is 0.481. The molecule has 3 rings (SSSR count). The summed E-state index contributed by atoms with van der Waals surface area (Å²) in [5, 5.41) is 0.431. The molecule has 2 aromatic rings. The first-order valence-electron chi connectivity index (χ1n) is 9.18. The maximum absolute atomic E-state index is 12.7. The maximum Gasteiger partial charge on any atom is 0.329 e. The number of hydrogen-bond donors (Lipinski definition) is 0. The molecule has 2 aromatic carbocycles. The van der Waals surface area contributed by atoms with Gasteiger partial charge in [-0.3, -0.25) is 19.3 Å². The molecule has 8 nitrogen and oxygen atoms in total. The molecule has 1 aliphatic rings. The van der Waals surface area contributed by atoms with Crippen molar-refractivity contribution in [3.05, 3.63) is 70.2 Å². The summed E-state index contributed by atoms with van der Waals surface area (Å²) >= 11 is 5.78. The van der Waals surface area contributed by atoms with E-state index in [0.29, 0.717) is 9.92 Å². The summed E-state index contributed by atoms with van der Waals surface area (Å²) in [6.07, 6.45) is 0.625. The van der Waals surface area contributed by atoms with Gasteiger partial charge in [0.05, 0.1) is 16.9 Å². The quantitative estimate of drug-likeness (QED) is 0.334. The van der Waals surface area contributed by atoms with Crippen LogP contribution in [-0.4, -0.2) is 61.5 Å². The summed E-state index contributed by atoms with van der Waals surface area (Å²) in [5.74, 6) is -3.46. The molecule has 0 bridgehead atoms. The van der Waals surface area contributed by atoms with Crippen LogP contribution in [-0.2, 0) is 19.4 Å². The molecular formula is C21H18ClNO7S. The number of ketones is 1. The lowest BCUT2D eigenvalue weighted by molar-refractivity contribution is -0.147. The van der Waals surface area contributed by atoms with E-state index < -0.39 is 51.8 Å². The number of sulfone groups is 1. The highest BCUT2D eigenvalue weighted by Crippen LogP contribution is 2.26. The average molecular weight is 464 g/mol. The number of carbonyl (C=O) groups excluding carboxylic acids is 4. The van der Waals surface area contributed by atoms with Crippen molar-refractivity contribution in [3.63, 3.8) is 0 Å². The number of benzene rings is 2. The Morgan fingerprint density at radius 1 is 1.00 bits per heavy atom. The zero-order valence-corrected chi connectivity index (χ0v) is 18.0. The first kappa shape index (κ1) is 22.6. The van der Waals surface area contributed by atoms with E-state index in [0.717, 1.165) is 6.26 Å². The number of esters is 1. The Hall–Kier alpha value is -3.04. The molecule has 10 heteroatoms. The molecule has 1 atom stereocenters. The Bertz CT molecular complexity index is 1120. The SMILES string of the molecule is CS(=O)(=O)CC[C@@H](C(=O)OCC(=O)c1ccc(Cl)cc1)N1C(=O)c2ccccc2C1=O. The summed E-state index contributed by atoms with van der Waals surface area (Å²) < 4.78 is 28.3. The predicted octanol–water partition coefficient (Wildman–Crippen LogP) is 2.17. The zero-order valence-electron chi connectivity index (χ0n) is 16.4. The largest absolute Gasteiger partial charge is 0.456 e. The van der Waals surface area contributed by atoms with Crippen LogP contribution in [0.15, 0.2) is 48.5 Å². The lowest BCUT2D eigenvalue weighted by Gasteiger charge is -2.24. The van der Waals surface area contributed by atoms with Crippen molar-refractivity contribution >= 4 is 45.0 Å². The van der Waals surface area contributed by atoms with E-state index in [-0.39, 0.29) is 23.1 Å². The van der Waals surface area contributed by atoms with Crippen molar-refractivity contribution in [2.75, 3.05) is 18.6 Å². The third-order valence-corrected chi connectivity index (χ3v) is 5.91. The van der Waals surface area contributed by atoms with Crippen molar-refractivity contribution in [2.45, 2.75) is 12.5 Å². The third kappa shape index (κ3) is 5.18.